The van der Waals surface area contributed by atoms with Crippen molar-refractivity contribution in [3.8, 4) is 34.2 Å². The average Bonchev–Trinajstić information content (AvgIpc) is 3.22. The Morgan fingerprint density at radius 3 is 2.44 bits per heavy atom. The molecule has 5 heteroatoms. The van der Waals surface area contributed by atoms with Crippen molar-refractivity contribution in [2.75, 3.05) is 0 Å². The summed E-state index contributed by atoms with van der Waals surface area (Å²) in [5.41, 5.74) is 2.97. The summed E-state index contributed by atoms with van der Waals surface area (Å²) in [6.45, 7) is 1.91. The molecule has 0 saturated heterocycles. The first-order valence-electron chi connectivity index (χ1n) is 7.79. The minimum Gasteiger partial charge on any atom is -0.453 e. The summed E-state index contributed by atoms with van der Waals surface area (Å²) >= 11 is 0. The Labute approximate surface area is 143 Å². The van der Waals surface area contributed by atoms with Gasteiger partial charge in [-0.15, -0.1) is 0 Å². The van der Waals surface area contributed by atoms with Crippen LogP contribution in [0.2, 0.25) is 0 Å². The molecule has 0 saturated carbocycles. The van der Waals surface area contributed by atoms with Crippen LogP contribution in [0.1, 0.15) is 5.69 Å². The molecule has 2 heterocycles. The number of hydrogen-bond acceptors (Lipinski definition) is 2. The molecule has 3 nitrogen and oxygen atoms in total. The van der Waals surface area contributed by atoms with Crippen LogP contribution in [0.4, 0.5) is 8.78 Å². The number of nitrogens with zero attached hydrogens (tertiary/aromatic N) is 1. The monoisotopic (exact) mass is 336 g/mol. The molecule has 0 spiro atoms. The fourth-order valence-electron chi connectivity index (χ4n) is 2.76. The zero-order valence-electron chi connectivity index (χ0n) is 13.4. The van der Waals surface area contributed by atoms with Gasteiger partial charge in [0.2, 0.25) is 0 Å². The molecule has 0 atom stereocenters. The van der Waals surface area contributed by atoms with Gasteiger partial charge in [-0.2, -0.15) is 0 Å². The maximum atomic E-state index is 13.9. The van der Waals surface area contributed by atoms with Gasteiger partial charge in [-0.1, -0.05) is 30.3 Å². The van der Waals surface area contributed by atoms with E-state index in [1.54, 1.807) is 12.1 Å². The number of imidazole rings is 1. The molecule has 0 unspecified atom stereocenters. The van der Waals surface area contributed by atoms with Gasteiger partial charge < -0.3 is 9.40 Å². The number of aromatic amines is 1. The number of H-pyrrole nitrogens is 1. The van der Waals surface area contributed by atoms with E-state index in [1.807, 2.05) is 37.3 Å². The first kappa shape index (κ1) is 15.3. The molecule has 1 N–H and O–H groups in total. The van der Waals surface area contributed by atoms with E-state index in [9.17, 15) is 8.78 Å². The van der Waals surface area contributed by atoms with Crippen molar-refractivity contribution in [1.29, 1.82) is 0 Å². The third kappa shape index (κ3) is 2.85. The minimum absolute atomic E-state index is 0.208. The molecule has 0 fully saturated rings. The third-order valence-corrected chi connectivity index (χ3v) is 3.98. The van der Waals surface area contributed by atoms with Crippen LogP contribution >= 0.6 is 0 Å². The summed E-state index contributed by atoms with van der Waals surface area (Å²) in [4.78, 5) is 7.74. The second kappa shape index (κ2) is 6.02. The lowest BCUT2D eigenvalue weighted by molar-refractivity contribution is 0.565. The largest absolute Gasteiger partial charge is 0.453 e. The number of aromatic nitrogens is 2. The summed E-state index contributed by atoms with van der Waals surface area (Å²) in [5, 5.41) is 0. The number of nitrogens with one attached hydrogen (secondary N) is 1. The number of rotatable bonds is 3. The molecule has 0 amide bonds. The SMILES string of the molecule is Cc1nc(-c2ccc(-c3ccc(F)cc3F)o2)[nH]c1-c1ccccc1. The highest BCUT2D eigenvalue weighted by atomic mass is 19.1. The quantitative estimate of drug-likeness (QED) is 0.530. The van der Waals surface area contributed by atoms with E-state index in [2.05, 4.69) is 9.97 Å². The second-order valence-corrected chi connectivity index (χ2v) is 5.70. The lowest BCUT2D eigenvalue weighted by Gasteiger charge is -1.99. The maximum absolute atomic E-state index is 13.9. The molecule has 124 valence electrons. The van der Waals surface area contributed by atoms with Gasteiger partial charge in [-0.3, -0.25) is 0 Å². The van der Waals surface area contributed by atoms with Gasteiger partial charge in [0.1, 0.15) is 17.4 Å². The van der Waals surface area contributed by atoms with Gasteiger partial charge in [0, 0.05) is 6.07 Å². The Morgan fingerprint density at radius 2 is 1.68 bits per heavy atom. The van der Waals surface area contributed by atoms with Crippen molar-refractivity contribution in [3.63, 3.8) is 0 Å². The minimum atomic E-state index is -0.665. The topological polar surface area (TPSA) is 41.8 Å². The van der Waals surface area contributed by atoms with Crippen LogP contribution in [-0.2, 0) is 0 Å². The van der Waals surface area contributed by atoms with Gasteiger partial charge in [-0.05, 0) is 36.8 Å². The summed E-state index contributed by atoms with van der Waals surface area (Å²) in [6, 6.07) is 16.6. The predicted molar refractivity (Wildman–Crippen MR) is 91.8 cm³/mol. The standard InChI is InChI=1S/C20H14F2N2O/c1-12-19(13-5-3-2-4-6-13)24-20(23-12)18-10-9-17(25-18)15-8-7-14(21)11-16(15)22/h2-11H,1H3,(H,23,24). The summed E-state index contributed by atoms with van der Waals surface area (Å²) in [5.74, 6) is 0.0839. The van der Waals surface area contributed by atoms with Gasteiger partial charge in [0.15, 0.2) is 11.6 Å². The van der Waals surface area contributed by atoms with Crippen LogP contribution in [0, 0.1) is 18.6 Å². The van der Waals surface area contributed by atoms with E-state index in [0.717, 1.165) is 23.0 Å². The second-order valence-electron chi connectivity index (χ2n) is 5.70. The molecule has 0 radical (unpaired) electrons. The summed E-state index contributed by atoms with van der Waals surface area (Å²) in [6.07, 6.45) is 0. The average molecular weight is 336 g/mol. The highest BCUT2D eigenvalue weighted by molar-refractivity contribution is 5.67. The zero-order chi connectivity index (χ0) is 17.4. The molecule has 25 heavy (non-hydrogen) atoms. The van der Waals surface area contributed by atoms with Gasteiger partial charge in [0.25, 0.3) is 0 Å². The van der Waals surface area contributed by atoms with Crippen molar-refractivity contribution >= 4 is 0 Å². The van der Waals surface area contributed by atoms with E-state index in [0.29, 0.717) is 17.3 Å². The van der Waals surface area contributed by atoms with Crippen LogP contribution in [0.25, 0.3) is 34.2 Å². The summed E-state index contributed by atoms with van der Waals surface area (Å²) < 4.78 is 32.7. The number of aryl methyl sites for hydroxylation is 1. The van der Waals surface area contributed by atoms with E-state index < -0.39 is 11.6 Å². The first-order valence-corrected chi connectivity index (χ1v) is 7.79. The van der Waals surface area contributed by atoms with Gasteiger partial charge in [-0.25, -0.2) is 13.8 Å². The molecule has 0 aliphatic rings. The molecule has 0 aliphatic carbocycles. The Bertz CT molecular complexity index is 1040. The van der Waals surface area contributed by atoms with Crippen LogP contribution in [0.15, 0.2) is 65.1 Å². The van der Waals surface area contributed by atoms with Crippen LogP contribution in [-0.4, -0.2) is 9.97 Å². The molecular formula is C20H14F2N2O. The normalized spacial score (nSPS) is 11.0. The lowest BCUT2D eigenvalue weighted by Crippen LogP contribution is -1.84. The number of hydrogen-bond donors (Lipinski definition) is 1. The Hall–Kier alpha value is -3.21. The highest BCUT2D eigenvalue weighted by Gasteiger charge is 2.15. The van der Waals surface area contributed by atoms with Crippen LogP contribution < -0.4 is 0 Å². The van der Waals surface area contributed by atoms with E-state index in [4.69, 9.17) is 4.42 Å². The molecule has 2 aromatic heterocycles. The van der Waals surface area contributed by atoms with Crippen molar-refractivity contribution in [2.45, 2.75) is 6.92 Å². The molecule has 0 aliphatic heterocycles. The Kier molecular flexibility index (Phi) is 3.69. The van der Waals surface area contributed by atoms with Crippen molar-refractivity contribution in [2.24, 2.45) is 0 Å². The summed E-state index contributed by atoms with van der Waals surface area (Å²) in [7, 11) is 0. The molecular weight excluding hydrogens is 322 g/mol. The van der Waals surface area contributed by atoms with Crippen LogP contribution in [0.5, 0.6) is 0 Å². The number of furan rings is 1. The fraction of sp³-hybridized carbons (Fsp3) is 0.0500. The zero-order valence-corrected chi connectivity index (χ0v) is 13.4. The molecule has 4 aromatic rings. The maximum Gasteiger partial charge on any atom is 0.174 e. The van der Waals surface area contributed by atoms with Crippen LogP contribution in [0.3, 0.4) is 0 Å². The van der Waals surface area contributed by atoms with Crippen molar-refractivity contribution < 1.29 is 13.2 Å². The molecule has 0 bridgehead atoms. The first-order chi connectivity index (χ1) is 12.1. The smallest absolute Gasteiger partial charge is 0.174 e. The number of benzene rings is 2. The number of halogens is 2. The third-order valence-electron chi connectivity index (χ3n) is 3.98. The Balaban J connectivity index is 1.71. The Morgan fingerprint density at radius 1 is 0.920 bits per heavy atom. The predicted octanol–water partition coefficient (Wildman–Crippen LogP) is 5.59. The highest BCUT2D eigenvalue weighted by Crippen LogP contribution is 2.31. The molecule has 4 rings (SSSR count). The lowest BCUT2D eigenvalue weighted by atomic mass is 10.1. The molecule has 2 aromatic carbocycles. The van der Waals surface area contributed by atoms with Gasteiger partial charge in [0.05, 0.1) is 17.0 Å². The van der Waals surface area contributed by atoms with Crippen molar-refractivity contribution in [3.05, 3.63) is 78.0 Å². The van der Waals surface area contributed by atoms with Gasteiger partial charge >= 0.3 is 0 Å². The van der Waals surface area contributed by atoms with E-state index in [-0.39, 0.29) is 5.56 Å². The van der Waals surface area contributed by atoms with E-state index >= 15 is 0 Å². The fourth-order valence-corrected chi connectivity index (χ4v) is 2.76. The van der Waals surface area contributed by atoms with E-state index in [1.165, 1.54) is 12.1 Å². The van der Waals surface area contributed by atoms with Crippen molar-refractivity contribution in [1.82, 2.24) is 9.97 Å².